The van der Waals surface area contributed by atoms with Crippen LogP contribution in [0.4, 0.5) is 0 Å². The molecule has 3 fully saturated rings. The van der Waals surface area contributed by atoms with Crippen molar-refractivity contribution >= 4 is 24.0 Å². The highest BCUT2D eigenvalue weighted by atomic mass is 16.5. The van der Waals surface area contributed by atoms with Crippen LogP contribution in [0.3, 0.4) is 0 Å². The number of rotatable bonds is 9. The molecule has 1 N–H and O–H groups in total. The topological polar surface area (TPSA) is 97.7 Å². The Labute approximate surface area is 190 Å². The Kier molecular flexibility index (Phi) is 5.66. The molecule has 7 atom stereocenters. The molecule has 4 bridgehead atoms. The van der Waals surface area contributed by atoms with Crippen LogP contribution in [0.2, 0.25) is 0 Å². The quantitative estimate of drug-likeness (QED) is 0.325. The van der Waals surface area contributed by atoms with Gasteiger partial charge in [0.25, 0.3) is 0 Å². The maximum absolute atomic E-state index is 13.3. The summed E-state index contributed by atoms with van der Waals surface area (Å²) in [7, 11) is 0. The van der Waals surface area contributed by atoms with E-state index >= 15 is 0 Å². The Hall–Kier alpha value is -1.98. The summed E-state index contributed by atoms with van der Waals surface area (Å²) < 4.78 is 5.49. The van der Waals surface area contributed by atoms with E-state index in [-0.39, 0.29) is 43.0 Å². The summed E-state index contributed by atoms with van der Waals surface area (Å²) >= 11 is 0. The lowest BCUT2D eigenvalue weighted by Gasteiger charge is -2.58. The van der Waals surface area contributed by atoms with Gasteiger partial charge in [0.1, 0.15) is 17.5 Å². The van der Waals surface area contributed by atoms with Crippen LogP contribution in [0, 0.1) is 45.8 Å². The van der Waals surface area contributed by atoms with Crippen molar-refractivity contribution < 1.29 is 29.0 Å². The molecule has 6 heteroatoms. The van der Waals surface area contributed by atoms with E-state index in [0.717, 1.165) is 31.1 Å². The zero-order chi connectivity index (χ0) is 23.5. The molecule has 0 aromatic carbocycles. The van der Waals surface area contributed by atoms with Crippen LogP contribution in [0.15, 0.2) is 11.6 Å². The van der Waals surface area contributed by atoms with Gasteiger partial charge in [0.2, 0.25) is 0 Å². The van der Waals surface area contributed by atoms with Gasteiger partial charge in [-0.25, -0.2) is 0 Å². The molecule has 0 heterocycles. The van der Waals surface area contributed by atoms with Crippen LogP contribution >= 0.6 is 0 Å². The number of aliphatic carboxylic acids is 1. The third-order valence-electron chi connectivity index (χ3n) is 9.61. The smallest absolute Gasteiger partial charge is 0.315 e. The Balaban J connectivity index is 1.73. The van der Waals surface area contributed by atoms with E-state index in [1.807, 2.05) is 13.8 Å². The van der Waals surface area contributed by atoms with Gasteiger partial charge in [-0.15, -0.1) is 0 Å². The highest BCUT2D eigenvalue weighted by Crippen LogP contribution is 2.83. The number of carboxylic acids is 1. The molecule has 0 amide bonds. The van der Waals surface area contributed by atoms with Crippen LogP contribution in [0.5, 0.6) is 0 Å². The van der Waals surface area contributed by atoms with Gasteiger partial charge in [-0.2, -0.15) is 0 Å². The Bertz CT molecular complexity index is 874. The fraction of sp³-hybridized carbons (Fsp3) is 0.769. The first-order chi connectivity index (χ1) is 15.1. The molecular weight excluding hydrogens is 408 g/mol. The number of ketones is 1. The summed E-state index contributed by atoms with van der Waals surface area (Å²) in [6.45, 7) is 7.85. The summed E-state index contributed by atoms with van der Waals surface area (Å²) in [6, 6.07) is 0. The van der Waals surface area contributed by atoms with E-state index in [9.17, 15) is 24.3 Å². The number of Topliss-reactive ketones (excluding diaryl/α,β-unsaturated/α-hetero) is 1. The number of carbonyl (C=O) groups is 4. The van der Waals surface area contributed by atoms with Crippen molar-refractivity contribution in [1.82, 2.24) is 0 Å². The molecule has 176 valence electrons. The summed E-state index contributed by atoms with van der Waals surface area (Å²) in [5, 5.41) is 10.9. The third-order valence-corrected chi connectivity index (χ3v) is 9.61. The van der Waals surface area contributed by atoms with E-state index in [0.29, 0.717) is 24.7 Å². The molecule has 4 rings (SSSR count). The predicted molar refractivity (Wildman–Crippen MR) is 118 cm³/mol. The molecule has 0 aromatic rings. The SMILES string of the molecule is CC(=O)CCC(=O)OCCC12CC3C(CC[C@H]3C)C3(C=O)CC1C=C(C(C)C)C32C(=O)O. The Morgan fingerprint density at radius 3 is 2.53 bits per heavy atom. The lowest BCUT2D eigenvalue weighted by atomic mass is 9.42. The molecule has 32 heavy (non-hydrogen) atoms. The van der Waals surface area contributed by atoms with E-state index in [1.54, 1.807) is 0 Å². The molecule has 0 aliphatic heterocycles. The second-order valence-electron chi connectivity index (χ2n) is 11.2. The first-order valence-electron chi connectivity index (χ1n) is 12.1. The molecule has 0 radical (unpaired) electrons. The van der Waals surface area contributed by atoms with Crippen molar-refractivity contribution in [2.45, 2.75) is 72.6 Å². The maximum Gasteiger partial charge on any atom is 0.315 e. The van der Waals surface area contributed by atoms with Gasteiger partial charge >= 0.3 is 11.9 Å². The van der Waals surface area contributed by atoms with Crippen LogP contribution in [0.1, 0.15) is 72.6 Å². The summed E-state index contributed by atoms with van der Waals surface area (Å²) in [6.07, 6.45) is 7.10. The number of esters is 1. The van der Waals surface area contributed by atoms with Gasteiger partial charge in [-0.1, -0.05) is 38.8 Å². The molecule has 0 spiro atoms. The van der Waals surface area contributed by atoms with E-state index in [1.165, 1.54) is 6.92 Å². The van der Waals surface area contributed by atoms with Crippen LogP contribution in [-0.2, 0) is 23.9 Å². The summed E-state index contributed by atoms with van der Waals surface area (Å²) in [5.74, 6) is -0.440. The number of carboxylic acid groups (broad SMARTS) is 1. The minimum absolute atomic E-state index is 0.00919. The van der Waals surface area contributed by atoms with Gasteiger partial charge in [0.15, 0.2) is 0 Å². The van der Waals surface area contributed by atoms with E-state index < -0.39 is 28.2 Å². The zero-order valence-corrected chi connectivity index (χ0v) is 19.7. The minimum atomic E-state index is -1.22. The first-order valence-corrected chi connectivity index (χ1v) is 12.1. The average Bonchev–Trinajstić information content (AvgIpc) is 3.29. The fourth-order valence-electron chi connectivity index (χ4n) is 8.53. The second-order valence-corrected chi connectivity index (χ2v) is 11.2. The lowest BCUT2D eigenvalue weighted by molar-refractivity contribution is -0.182. The highest BCUT2D eigenvalue weighted by molar-refractivity contribution is 5.90. The first kappa shape index (κ1) is 23.2. The normalized spacial score (nSPS) is 41.3. The number of allylic oxidation sites excluding steroid dienone is 1. The number of hydrogen-bond donors (Lipinski definition) is 1. The van der Waals surface area contributed by atoms with Gasteiger partial charge < -0.3 is 19.4 Å². The Morgan fingerprint density at radius 1 is 1.22 bits per heavy atom. The molecule has 6 nitrogen and oxygen atoms in total. The zero-order valence-electron chi connectivity index (χ0n) is 19.7. The number of ether oxygens (including phenoxy) is 1. The summed E-state index contributed by atoms with van der Waals surface area (Å²) in [4.78, 5) is 49.5. The van der Waals surface area contributed by atoms with Crippen molar-refractivity contribution in [2.75, 3.05) is 6.61 Å². The highest BCUT2D eigenvalue weighted by Gasteiger charge is 2.83. The predicted octanol–water partition coefficient (Wildman–Crippen LogP) is 4.21. The molecule has 4 aliphatic rings. The van der Waals surface area contributed by atoms with Crippen molar-refractivity contribution in [3.05, 3.63) is 11.6 Å². The molecular formula is C26H36O6. The molecule has 6 unspecified atom stereocenters. The van der Waals surface area contributed by atoms with Crippen molar-refractivity contribution in [2.24, 2.45) is 45.8 Å². The van der Waals surface area contributed by atoms with Gasteiger partial charge in [-0.05, 0) is 62.2 Å². The van der Waals surface area contributed by atoms with E-state index in [2.05, 4.69) is 13.0 Å². The monoisotopic (exact) mass is 444 g/mol. The standard InChI is InChI=1S/C26H36O6/c1-15(2)21-11-18-12-25(14-27)20-7-5-16(3)19(20)13-24(18,26(21,25)23(30)31)9-10-32-22(29)8-6-17(4)28/h11,14-16,18-20H,5-10,12-13H2,1-4H3,(H,30,31)/t16-,18?,19?,20?,24?,25?,26?/m1/s1. The minimum Gasteiger partial charge on any atom is -0.481 e. The number of fused-ring (bicyclic) bond motifs is 2. The van der Waals surface area contributed by atoms with Gasteiger partial charge in [0.05, 0.1) is 18.4 Å². The molecule has 0 aromatic heterocycles. The number of aldehydes is 1. The molecule has 0 saturated heterocycles. The van der Waals surface area contributed by atoms with Crippen LogP contribution in [-0.4, -0.2) is 35.7 Å². The van der Waals surface area contributed by atoms with Crippen molar-refractivity contribution in [1.29, 1.82) is 0 Å². The van der Waals surface area contributed by atoms with Crippen molar-refractivity contribution in [3.8, 4) is 0 Å². The van der Waals surface area contributed by atoms with Gasteiger partial charge in [0, 0.05) is 11.8 Å². The largest absolute Gasteiger partial charge is 0.481 e. The third kappa shape index (κ3) is 2.76. The number of carbonyl (C=O) groups excluding carboxylic acids is 3. The second kappa shape index (κ2) is 7.81. The average molecular weight is 445 g/mol. The fourth-order valence-corrected chi connectivity index (χ4v) is 8.53. The molecule has 3 saturated carbocycles. The van der Waals surface area contributed by atoms with Crippen LogP contribution in [0.25, 0.3) is 0 Å². The Morgan fingerprint density at radius 2 is 1.94 bits per heavy atom. The van der Waals surface area contributed by atoms with Gasteiger partial charge in [-0.3, -0.25) is 9.59 Å². The van der Waals surface area contributed by atoms with E-state index in [4.69, 9.17) is 4.74 Å². The maximum atomic E-state index is 13.3. The lowest BCUT2D eigenvalue weighted by Crippen LogP contribution is -2.62. The number of hydrogen-bond acceptors (Lipinski definition) is 5. The van der Waals surface area contributed by atoms with Crippen LogP contribution < -0.4 is 0 Å². The van der Waals surface area contributed by atoms with Crippen molar-refractivity contribution in [3.63, 3.8) is 0 Å². The summed E-state index contributed by atoms with van der Waals surface area (Å²) in [5.41, 5.74) is -1.82. The molecule has 4 aliphatic carbocycles.